The van der Waals surface area contributed by atoms with Crippen molar-refractivity contribution in [3.05, 3.63) is 35.2 Å². The fourth-order valence-corrected chi connectivity index (χ4v) is 5.61. The van der Waals surface area contributed by atoms with E-state index in [1.165, 1.54) is 33.1 Å². The van der Waals surface area contributed by atoms with E-state index in [-0.39, 0.29) is 18.0 Å². The Morgan fingerprint density at radius 3 is 2.90 bits per heavy atom. The molecule has 1 unspecified atom stereocenters. The second kappa shape index (κ2) is 8.55. The Labute approximate surface area is 184 Å². The number of hydrogen-bond donors (Lipinski definition) is 3. The van der Waals surface area contributed by atoms with E-state index >= 15 is 0 Å². The number of nitrogens with two attached hydrogens (primary N) is 1. The Morgan fingerprint density at radius 2 is 2.23 bits per heavy atom. The number of rotatable bonds is 7. The zero-order valence-corrected chi connectivity index (χ0v) is 17.9. The number of tetrazole rings is 1. The third-order valence-corrected chi connectivity index (χ3v) is 7.13. The topological polar surface area (TPSA) is 169 Å². The van der Waals surface area contributed by atoms with Crippen molar-refractivity contribution in [2.24, 2.45) is 7.05 Å². The minimum atomic E-state index is -1.18. The Balaban J connectivity index is 1.43. The zero-order chi connectivity index (χ0) is 22.1. The standard InChI is InChI=1S/C17H18N8O4S2/c1-24-17(21-22-23-24)31-7-8-6-30-15-12(14(27)25(15)13(8)16(28)29)20-11(26)5-9-3-2-4-10(18)19-9/h2-4,12,15H,5-7H2,1H3,(H2,18,19)(H,20,26)(H,28,29)/t12?,15-/m1/s1. The summed E-state index contributed by atoms with van der Waals surface area (Å²) in [6, 6.07) is 4.19. The molecule has 0 bridgehead atoms. The first-order valence-electron chi connectivity index (χ1n) is 9.11. The van der Waals surface area contributed by atoms with E-state index in [0.717, 1.165) is 0 Å². The van der Waals surface area contributed by atoms with E-state index in [4.69, 9.17) is 5.73 Å². The molecule has 4 rings (SSSR count). The summed E-state index contributed by atoms with van der Waals surface area (Å²) in [4.78, 5) is 42.3. The summed E-state index contributed by atoms with van der Waals surface area (Å²) in [5.41, 5.74) is 6.67. The Morgan fingerprint density at radius 1 is 1.42 bits per heavy atom. The van der Waals surface area contributed by atoms with Gasteiger partial charge in [0.15, 0.2) is 0 Å². The van der Waals surface area contributed by atoms with E-state index in [1.54, 1.807) is 25.2 Å². The van der Waals surface area contributed by atoms with Gasteiger partial charge in [-0.1, -0.05) is 17.8 Å². The van der Waals surface area contributed by atoms with Gasteiger partial charge >= 0.3 is 5.97 Å². The second-order valence-electron chi connectivity index (χ2n) is 6.82. The van der Waals surface area contributed by atoms with Crippen LogP contribution in [0.4, 0.5) is 5.82 Å². The van der Waals surface area contributed by atoms with Crippen LogP contribution < -0.4 is 11.1 Å². The van der Waals surface area contributed by atoms with Crippen LogP contribution in [0.2, 0.25) is 0 Å². The molecule has 14 heteroatoms. The van der Waals surface area contributed by atoms with Gasteiger partial charge in [-0.15, -0.1) is 16.9 Å². The largest absolute Gasteiger partial charge is 0.477 e. The summed E-state index contributed by atoms with van der Waals surface area (Å²) in [6.07, 6.45) is -0.0263. The molecule has 1 saturated heterocycles. The zero-order valence-electron chi connectivity index (χ0n) is 16.3. The third-order valence-electron chi connectivity index (χ3n) is 4.69. The van der Waals surface area contributed by atoms with Gasteiger partial charge in [-0.25, -0.2) is 14.5 Å². The number of fused-ring (bicyclic) bond motifs is 1. The summed E-state index contributed by atoms with van der Waals surface area (Å²) >= 11 is 2.70. The highest BCUT2D eigenvalue weighted by Crippen LogP contribution is 2.41. The van der Waals surface area contributed by atoms with Crippen molar-refractivity contribution in [2.45, 2.75) is 23.0 Å². The highest BCUT2D eigenvalue weighted by atomic mass is 32.2. The minimum Gasteiger partial charge on any atom is -0.477 e. The average Bonchev–Trinajstić information content (AvgIpc) is 3.14. The maximum atomic E-state index is 12.7. The van der Waals surface area contributed by atoms with Crippen molar-refractivity contribution in [1.29, 1.82) is 0 Å². The molecule has 2 aromatic heterocycles. The van der Waals surface area contributed by atoms with Crippen molar-refractivity contribution in [1.82, 2.24) is 35.4 Å². The number of β-lactam (4-membered cyclic amide) rings is 1. The number of nitrogen functional groups attached to an aromatic ring is 1. The molecule has 2 aliphatic rings. The van der Waals surface area contributed by atoms with Gasteiger partial charge < -0.3 is 16.2 Å². The van der Waals surface area contributed by atoms with Crippen LogP contribution in [0.5, 0.6) is 0 Å². The molecule has 2 atom stereocenters. The van der Waals surface area contributed by atoms with Gasteiger partial charge in [0.05, 0.1) is 12.1 Å². The summed E-state index contributed by atoms with van der Waals surface area (Å²) in [6.45, 7) is 0. The van der Waals surface area contributed by atoms with Crippen LogP contribution in [0.1, 0.15) is 5.69 Å². The van der Waals surface area contributed by atoms with Crippen molar-refractivity contribution < 1.29 is 19.5 Å². The number of thioether (sulfide) groups is 2. The molecule has 162 valence electrons. The molecule has 0 saturated carbocycles. The van der Waals surface area contributed by atoms with Crippen molar-refractivity contribution in [3.8, 4) is 0 Å². The maximum absolute atomic E-state index is 12.7. The molecule has 0 aliphatic carbocycles. The number of anilines is 1. The molecule has 0 radical (unpaired) electrons. The van der Waals surface area contributed by atoms with Crippen LogP contribution in [0.25, 0.3) is 0 Å². The lowest BCUT2D eigenvalue weighted by atomic mass is 10.0. The van der Waals surface area contributed by atoms with E-state index in [1.807, 2.05) is 0 Å². The quantitative estimate of drug-likeness (QED) is 0.350. The second-order valence-corrected chi connectivity index (χ2v) is 8.86. The van der Waals surface area contributed by atoms with Gasteiger partial charge in [-0.3, -0.25) is 14.5 Å². The Kier molecular flexibility index (Phi) is 5.82. The van der Waals surface area contributed by atoms with Crippen LogP contribution in [-0.4, -0.2) is 75.9 Å². The van der Waals surface area contributed by atoms with Crippen molar-refractivity contribution in [3.63, 3.8) is 0 Å². The van der Waals surface area contributed by atoms with Crippen molar-refractivity contribution in [2.75, 3.05) is 17.2 Å². The summed E-state index contributed by atoms with van der Waals surface area (Å²) in [5.74, 6) is -0.966. The number of hydrogen-bond acceptors (Lipinski definition) is 10. The fourth-order valence-electron chi connectivity index (χ4n) is 3.28. The third kappa shape index (κ3) is 4.20. The number of aliphatic carboxylic acids is 1. The summed E-state index contributed by atoms with van der Waals surface area (Å²) in [7, 11) is 1.69. The van der Waals surface area contributed by atoms with Crippen LogP contribution in [0, 0.1) is 0 Å². The lowest BCUT2D eigenvalue weighted by Crippen LogP contribution is -2.70. The predicted octanol–water partition coefficient (Wildman–Crippen LogP) is -0.739. The molecular weight excluding hydrogens is 444 g/mol. The number of carboxylic acids is 1. The SMILES string of the molecule is Cn1nnnc1SCC1=C(C(=O)O)N2C(=O)C(NC(=O)Cc3cccc(N)n3)[C@H]2SC1. The molecule has 2 aromatic rings. The van der Waals surface area contributed by atoms with Gasteiger partial charge in [-0.05, 0) is 28.1 Å². The van der Waals surface area contributed by atoms with Crippen LogP contribution in [0.3, 0.4) is 0 Å². The first kappa shape index (κ1) is 21.1. The molecule has 12 nitrogen and oxygen atoms in total. The van der Waals surface area contributed by atoms with Gasteiger partial charge in [0, 0.05) is 18.6 Å². The van der Waals surface area contributed by atoms with Crippen LogP contribution in [-0.2, 0) is 27.9 Å². The molecule has 4 N–H and O–H groups in total. The van der Waals surface area contributed by atoms with Gasteiger partial charge in [0.25, 0.3) is 5.91 Å². The lowest BCUT2D eigenvalue weighted by Gasteiger charge is -2.49. The average molecular weight is 463 g/mol. The van der Waals surface area contributed by atoms with Gasteiger partial charge in [-0.2, -0.15) is 0 Å². The smallest absolute Gasteiger partial charge is 0.352 e. The first-order chi connectivity index (χ1) is 14.8. The van der Waals surface area contributed by atoms with Crippen LogP contribution >= 0.6 is 23.5 Å². The number of aromatic nitrogens is 5. The number of carbonyl (C=O) groups excluding carboxylic acids is 2. The monoisotopic (exact) mass is 462 g/mol. The van der Waals surface area contributed by atoms with E-state index < -0.39 is 23.3 Å². The van der Waals surface area contributed by atoms with Gasteiger partial charge in [0.2, 0.25) is 11.1 Å². The molecule has 0 aromatic carbocycles. The number of nitrogens with one attached hydrogen (secondary N) is 1. The molecule has 2 amide bonds. The number of carboxylic acid groups (broad SMARTS) is 1. The van der Waals surface area contributed by atoms with Gasteiger partial charge in [0.1, 0.15) is 22.9 Å². The number of nitrogens with zero attached hydrogens (tertiary/aromatic N) is 6. The van der Waals surface area contributed by atoms with Crippen LogP contribution in [0.15, 0.2) is 34.6 Å². The number of pyridine rings is 1. The number of carbonyl (C=O) groups is 3. The molecule has 1 fully saturated rings. The predicted molar refractivity (Wildman–Crippen MR) is 112 cm³/mol. The number of aryl methyl sites for hydroxylation is 1. The highest BCUT2D eigenvalue weighted by molar-refractivity contribution is 8.01. The molecule has 0 spiro atoms. The van der Waals surface area contributed by atoms with Crippen molar-refractivity contribution >= 4 is 47.1 Å². The number of amides is 2. The normalized spacial score (nSPS) is 20.3. The minimum absolute atomic E-state index is 0.0263. The summed E-state index contributed by atoms with van der Waals surface area (Å²) < 4.78 is 1.49. The highest BCUT2D eigenvalue weighted by Gasteiger charge is 2.54. The van der Waals surface area contributed by atoms with E-state index in [2.05, 4.69) is 25.8 Å². The first-order valence-corrected chi connectivity index (χ1v) is 11.1. The molecule has 2 aliphatic heterocycles. The van der Waals surface area contributed by atoms with E-state index in [0.29, 0.717) is 33.7 Å². The molecule has 4 heterocycles. The van der Waals surface area contributed by atoms with E-state index in [9.17, 15) is 19.5 Å². The molecule has 31 heavy (non-hydrogen) atoms. The fraction of sp³-hybridized carbons (Fsp3) is 0.353. The Hall–Kier alpha value is -3.13. The Bertz CT molecular complexity index is 1090. The maximum Gasteiger partial charge on any atom is 0.352 e. The summed E-state index contributed by atoms with van der Waals surface area (Å²) in [5, 5.41) is 23.6. The molecular formula is C17H18N8O4S2. The lowest BCUT2D eigenvalue weighted by molar-refractivity contribution is -0.150.